The minimum atomic E-state index is -4.06. The van der Waals surface area contributed by atoms with Gasteiger partial charge in [-0.1, -0.05) is 0 Å². The first-order valence-corrected chi connectivity index (χ1v) is 36.3. The minimum Gasteiger partial charge on any atom is -0.757 e. The molecule has 1 rings (SSSR count). The van der Waals surface area contributed by atoms with Gasteiger partial charge in [-0.3, -0.25) is 4.57 Å². The molecule has 1 heterocycles. The zero-order chi connectivity index (χ0) is 33.0. The van der Waals surface area contributed by atoms with Crippen molar-refractivity contribution in [1.82, 2.24) is 0 Å². The molecule has 1 fully saturated rings. The summed E-state index contributed by atoms with van der Waals surface area (Å²) in [7, 11) is -15.7. The fourth-order valence-corrected chi connectivity index (χ4v) is 13.4. The number of rotatable bonds is 13. The summed E-state index contributed by atoms with van der Waals surface area (Å²) in [6.07, 6.45) is -2.67. The summed E-state index contributed by atoms with van der Waals surface area (Å²) in [6.45, 7) is 37.0. The van der Waals surface area contributed by atoms with Crippen LogP contribution in [-0.4, -0.2) is 92.3 Å². The van der Waals surface area contributed by atoms with E-state index in [4.69, 9.17) is 30.9 Å². The topological polar surface area (TPSA) is 125 Å². The second-order valence-corrected chi connectivity index (χ2v) is 45.1. The van der Waals surface area contributed by atoms with E-state index in [0.717, 1.165) is 0 Å². The number of phosphoric acid groups is 1. The smallest absolute Gasteiger partial charge is 0.248 e. The first-order chi connectivity index (χ1) is 17.7. The van der Waals surface area contributed by atoms with Crippen molar-refractivity contribution in [3.8, 4) is 0 Å². The van der Waals surface area contributed by atoms with Crippen LogP contribution in [0.5, 0.6) is 0 Å². The van der Waals surface area contributed by atoms with E-state index in [0.29, 0.717) is 6.61 Å². The van der Waals surface area contributed by atoms with E-state index in [9.17, 15) is 14.6 Å². The van der Waals surface area contributed by atoms with E-state index in [1.54, 1.807) is 0 Å². The van der Waals surface area contributed by atoms with Crippen LogP contribution in [0.25, 0.3) is 0 Å². The van der Waals surface area contributed by atoms with Crippen molar-refractivity contribution in [3.63, 3.8) is 0 Å². The van der Waals surface area contributed by atoms with Gasteiger partial charge >= 0.3 is 0 Å². The molecule has 10 nitrogen and oxygen atoms in total. The average Bonchev–Trinajstić information content (AvgIpc) is 2.58. The Balaban J connectivity index is 0.00000103. The third-order valence-corrected chi connectivity index (χ3v) is 14.7. The zero-order valence-corrected chi connectivity index (χ0v) is 36.1. The highest BCUT2D eigenvalue weighted by Gasteiger charge is 2.51. The molecule has 0 unspecified atom stereocenters. The Hall–Kier alpha value is 1.17. The second-order valence-electron chi connectivity index (χ2n) is 16.4. The fraction of sp³-hybridized carbons (Fsp3) is 1.00. The molecule has 0 spiro atoms. The molecule has 1 aliphatic rings. The summed E-state index contributed by atoms with van der Waals surface area (Å²) in [5, 5.41) is 10.8. The Morgan fingerprint density at radius 3 is 1.24 bits per heavy atom. The standard InChI is InChI=1S/C18H44O6Si4.C6H19O4PSi2/c1-25(2,3)20-13-14-15(22-26(4,5)6)16(23-27(7,8)9)17(18(19)21-14)24-28(10,11)12;1-12(2,3)9-11(7,8)10-13(4,5)6/h14-19H,13H2,1-12H3;1-6H3,(H,7,8)/p-1/t14-,15-,16+,17-,18+;/m1./s1. The number of hydrogen-bond donors (Lipinski definition) is 1. The van der Waals surface area contributed by atoms with Crippen molar-refractivity contribution in [2.75, 3.05) is 6.61 Å². The summed E-state index contributed by atoms with van der Waals surface area (Å²) in [6, 6.07) is 0. The largest absolute Gasteiger partial charge is 0.757 e. The van der Waals surface area contributed by atoms with E-state index in [2.05, 4.69) is 78.6 Å². The molecule has 17 heteroatoms. The van der Waals surface area contributed by atoms with E-state index in [-0.39, 0.29) is 18.3 Å². The maximum absolute atomic E-state index is 11.3. The van der Waals surface area contributed by atoms with Crippen molar-refractivity contribution < 1.29 is 45.4 Å². The van der Waals surface area contributed by atoms with Gasteiger partial charge in [-0.25, -0.2) is 0 Å². The lowest BCUT2D eigenvalue weighted by Crippen LogP contribution is -2.66. The average molecular weight is 710 g/mol. The summed E-state index contributed by atoms with van der Waals surface area (Å²) >= 11 is 0. The van der Waals surface area contributed by atoms with Gasteiger partial charge in [0.2, 0.25) is 7.82 Å². The molecule has 0 saturated carbocycles. The van der Waals surface area contributed by atoms with E-state index in [1.807, 2.05) is 39.3 Å². The van der Waals surface area contributed by atoms with Crippen LogP contribution in [-0.2, 0) is 35.4 Å². The van der Waals surface area contributed by atoms with E-state index in [1.165, 1.54) is 0 Å². The maximum Gasteiger partial charge on any atom is 0.248 e. The van der Waals surface area contributed by atoms with Crippen LogP contribution < -0.4 is 4.89 Å². The Morgan fingerprint density at radius 1 is 0.585 bits per heavy atom. The molecule has 1 N–H and O–H groups in total. The van der Waals surface area contributed by atoms with Gasteiger partial charge in [0.1, 0.15) is 24.4 Å². The minimum absolute atomic E-state index is 0.320. The third-order valence-electron chi connectivity index (χ3n) is 4.53. The molecular formula is C24H62O10PSi6-. The van der Waals surface area contributed by atoms with E-state index < -0.39 is 70.1 Å². The summed E-state index contributed by atoms with van der Waals surface area (Å²) < 4.78 is 52.9. The molecule has 41 heavy (non-hydrogen) atoms. The van der Waals surface area contributed by atoms with E-state index >= 15 is 0 Å². The summed E-state index contributed by atoms with van der Waals surface area (Å²) in [4.78, 5) is 11.3. The Kier molecular flexibility index (Phi) is 15.6. The fourth-order valence-electron chi connectivity index (χ4n) is 3.68. The van der Waals surface area contributed by atoms with Gasteiger partial charge in [-0.15, -0.1) is 0 Å². The second kappa shape index (κ2) is 15.2. The van der Waals surface area contributed by atoms with Gasteiger partial charge in [0, 0.05) is 0 Å². The van der Waals surface area contributed by atoms with Gasteiger partial charge in [-0.2, -0.15) is 0 Å². The molecule has 0 aromatic rings. The monoisotopic (exact) mass is 709 g/mol. The predicted octanol–water partition coefficient (Wildman–Crippen LogP) is 6.37. The molecule has 1 saturated heterocycles. The van der Waals surface area contributed by atoms with Gasteiger partial charge in [0.15, 0.2) is 56.2 Å². The lowest BCUT2D eigenvalue weighted by molar-refractivity contribution is -0.274. The van der Waals surface area contributed by atoms with Crippen molar-refractivity contribution in [1.29, 1.82) is 0 Å². The highest BCUT2D eigenvalue weighted by Crippen LogP contribution is 2.44. The van der Waals surface area contributed by atoms with Crippen molar-refractivity contribution >= 4 is 57.7 Å². The molecule has 0 aromatic heterocycles. The summed E-state index contributed by atoms with van der Waals surface area (Å²) in [5.74, 6) is 0. The predicted molar refractivity (Wildman–Crippen MR) is 181 cm³/mol. The molecule has 0 bridgehead atoms. The first kappa shape index (κ1) is 42.2. The Morgan fingerprint density at radius 2 is 0.927 bits per heavy atom. The number of hydrogen-bond acceptors (Lipinski definition) is 10. The maximum atomic E-state index is 11.3. The molecule has 1 aliphatic heterocycles. The lowest BCUT2D eigenvalue weighted by Gasteiger charge is -2.49. The molecule has 0 radical (unpaired) electrons. The van der Waals surface area contributed by atoms with Crippen LogP contribution in [0.2, 0.25) is 118 Å². The molecule has 0 aliphatic carbocycles. The normalized spacial score (nSPS) is 25.5. The van der Waals surface area contributed by atoms with Crippen molar-refractivity contribution in [2.24, 2.45) is 0 Å². The Bertz CT molecular complexity index is 821. The van der Waals surface area contributed by atoms with Gasteiger partial charge < -0.3 is 40.9 Å². The SMILES string of the molecule is C[Si](C)(C)OC[C@H]1O[C@H](O)[C@H](O[Si](C)(C)C)[C@@H](O[Si](C)(C)C)[C@@H]1O[Si](C)(C)C.C[Si](C)(C)OP(=O)([O-])O[Si](C)(C)C. The van der Waals surface area contributed by atoms with Crippen LogP contribution in [0.3, 0.4) is 0 Å². The van der Waals surface area contributed by atoms with Crippen LogP contribution in [0.15, 0.2) is 0 Å². The highest BCUT2D eigenvalue weighted by atomic mass is 31.2. The molecular weight excluding hydrogens is 648 g/mol. The zero-order valence-electron chi connectivity index (χ0n) is 29.2. The van der Waals surface area contributed by atoms with Gasteiger partial charge in [0.05, 0.1) is 6.61 Å². The van der Waals surface area contributed by atoms with Crippen LogP contribution in [0.1, 0.15) is 0 Å². The van der Waals surface area contributed by atoms with Gasteiger partial charge in [0.25, 0.3) is 0 Å². The summed E-state index contributed by atoms with van der Waals surface area (Å²) in [5.41, 5.74) is 0. The lowest BCUT2D eigenvalue weighted by atomic mass is 9.99. The van der Waals surface area contributed by atoms with Crippen LogP contribution >= 0.6 is 7.82 Å². The molecule has 0 amide bonds. The quantitative estimate of drug-likeness (QED) is 0.170. The number of aliphatic hydroxyl groups is 1. The highest BCUT2D eigenvalue weighted by molar-refractivity contribution is 7.49. The molecule has 248 valence electrons. The number of aliphatic hydroxyl groups excluding tert-OH is 1. The first-order valence-electron chi connectivity index (χ1n) is 14.4. The van der Waals surface area contributed by atoms with Crippen molar-refractivity contribution in [2.45, 2.75) is 149 Å². The molecule has 0 aromatic carbocycles. The van der Waals surface area contributed by atoms with Crippen LogP contribution in [0.4, 0.5) is 0 Å². The molecule has 5 atom stereocenters. The number of ether oxygens (including phenoxy) is 1. The van der Waals surface area contributed by atoms with Gasteiger partial charge in [-0.05, 0) is 118 Å². The Labute approximate surface area is 257 Å². The third kappa shape index (κ3) is 21.5. The van der Waals surface area contributed by atoms with Crippen molar-refractivity contribution in [3.05, 3.63) is 0 Å². The van der Waals surface area contributed by atoms with Crippen LogP contribution in [0, 0.1) is 0 Å².